The van der Waals surface area contributed by atoms with Crippen molar-refractivity contribution < 1.29 is 14.3 Å². The maximum Gasteiger partial charge on any atom is 0.338 e. The van der Waals surface area contributed by atoms with E-state index in [2.05, 4.69) is 57.3 Å². The zero-order chi connectivity index (χ0) is 26.5. The van der Waals surface area contributed by atoms with Gasteiger partial charge in [-0.25, -0.2) is 9.79 Å². The van der Waals surface area contributed by atoms with E-state index in [9.17, 15) is 9.59 Å². The molecule has 0 aliphatic carbocycles. The van der Waals surface area contributed by atoms with Gasteiger partial charge in [0.25, 0.3) is 0 Å². The highest BCUT2D eigenvalue weighted by Crippen LogP contribution is 2.45. The minimum atomic E-state index is -0.434. The lowest BCUT2D eigenvalue weighted by Crippen LogP contribution is -2.38. The van der Waals surface area contributed by atoms with Crippen LogP contribution in [0.2, 0.25) is 0 Å². The first-order chi connectivity index (χ1) is 17.7. The van der Waals surface area contributed by atoms with Crippen LogP contribution < -0.4 is 5.32 Å². The topological polar surface area (TPSA) is 71.0 Å². The molecule has 4 rings (SSSR count). The molecule has 0 aromatic heterocycles. The van der Waals surface area contributed by atoms with E-state index in [-0.39, 0.29) is 18.9 Å². The zero-order valence-corrected chi connectivity index (χ0v) is 23.0. The number of allylic oxidation sites excluding steroid dienone is 1. The fraction of sp³-hybridized carbons (Fsp3) is 0.367. The Morgan fingerprint density at radius 2 is 1.76 bits per heavy atom. The Labute approximate surface area is 223 Å². The van der Waals surface area contributed by atoms with Crippen molar-refractivity contribution in [2.75, 3.05) is 6.54 Å². The lowest BCUT2D eigenvalue weighted by atomic mass is 9.92. The van der Waals surface area contributed by atoms with Crippen LogP contribution in [0.25, 0.3) is 0 Å². The van der Waals surface area contributed by atoms with Crippen LogP contribution in [0.4, 0.5) is 0 Å². The van der Waals surface area contributed by atoms with Crippen molar-refractivity contribution in [1.82, 2.24) is 10.2 Å². The van der Waals surface area contributed by atoms with E-state index in [1.807, 2.05) is 47.6 Å². The molecule has 7 heteroatoms. The van der Waals surface area contributed by atoms with Crippen LogP contribution in [0, 0.1) is 5.92 Å². The van der Waals surface area contributed by atoms with E-state index >= 15 is 0 Å². The number of hydrogen-bond donors (Lipinski definition) is 1. The molecule has 2 aromatic rings. The first-order valence-electron chi connectivity index (χ1n) is 12.8. The second-order valence-electron chi connectivity index (χ2n) is 10.2. The van der Waals surface area contributed by atoms with Gasteiger partial charge in [0.1, 0.15) is 6.61 Å². The maximum atomic E-state index is 13.6. The van der Waals surface area contributed by atoms with Gasteiger partial charge in [-0.1, -0.05) is 94.1 Å². The molecular weight excluding hydrogens is 482 g/mol. The normalized spacial score (nSPS) is 17.1. The number of thioether (sulfide) groups is 1. The van der Waals surface area contributed by atoms with Gasteiger partial charge in [0, 0.05) is 12.2 Å². The van der Waals surface area contributed by atoms with Crippen LogP contribution in [-0.2, 0) is 20.9 Å². The molecule has 1 atom stereocenters. The van der Waals surface area contributed by atoms with E-state index in [1.54, 1.807) is 0 Å². The Morgan fingerprint density at radius 3 is 2.41 bits per heavy atom. The van der Waals surface area contributed by atoms with E-state index in [0.29, 0.717) is 29.7 Å². The van der Waals surface area contributed by atoms with E-state index in [0.717, 1.165) is 22.0 Å². The molecule has 0 fully saturated rings. The van der Waals surface area contributed by atoms with Gasteiger partial charge in [0.05, 0.1) is 23.7 Å². The number of hydrogen-bond acceptors (Lipinski definition) is 6. The van der Waals surface area contributed by atoms with Gasteiger partial charge in [0.15, 0.2) is 5.17 Å². The first-order valence-corrected chi connectivity index (χ1v) is 13.6. The fourth-order valence-electron chi connectivity index (χ4n) is 4.36. The highest BCUT2D eigenvalue weighted by Gasteiger charge is 2.41. The molecule has 1 amide bonds. The summed E-state index contributed by atoms with van der Waals surface area (Å²) in [6, 6.07) is 17.6. The Hall–Kier alpha value is -3.32. The molecule has 1 N–H and O–H groups in total. The Kier molecular flexibility index (Phi) is 8.54. The summed E-state index contributed by atoms with van der Waals surface area (Å²) in [4.78, 5) is 33.1. The fourth-order valence-corrected chi connectivity index (χ4v) is 5.32. The van der Waals surface area contributed by atoms with Crippen LogP contribution in [0.5, 0.6) is 0 Å². The van der Waals surface area contributed by atoms with Crippen molar-refractivity contribution in [2.45, 2.75) is 59.6 Å². The summed E-state index contributed by atoms with van der Waals surface area (Å²) in [5.74, 6) is 0.317. The second-order valence-corrected chi connectivity index (χ2v) is 11.0. The number of aliphatic imine (C=N–C) groups is 1. The van der Waals surface area contributed by atoms with Crippen molar-refractivity contribution in [2.24, 2.45) is 10.9 Å². The molecule has 37 heavy (non-hydrogen) atoms. The standard InChI is InChI=1S/C30H35N3O3S/c1-19(2)16-31-26(34)15-25-18-37-30-32-21(5)27(29(35)36-17-22-9-7-6-8-10-22)28(33(25)30)24-13-11-23(12-14-24)20(3)4/h6-14,18-20,28H,15-17H2,1-5H3,(H,31,34). The maximum absolute atomic E-state index is 13.6. The minimum Gasteiger partial charge on any atom is -0.457 e. The molecule has 2 aliphatic heterocycles. The van der Waals surface area contributed by atoms with Crippen LogP contribution >= 0.6 is 11.8 Å². The van der Waals surface area contributed by atoms with Crippen molar-refractivity contribution >= 4 is 28.8 Å². The number of nitrogens with zero attached hydrogens (tertiary/aromatic N) is 2. The smallest absolute Gasteiger partial charge is 0.338 e. The third-order valence-corrected chi connectivity index (χ3v) is 7.29. The SMILES string of the molecule is CC1=C(C(=O)OCc2ccccc2)C(c2ccc(C(C)C)cc2)N2C(CC(=O)NCC(C)C)=CSC2=N1. The molecule has 2 aromatic carbocycles. The van der Waals surface area contributed by atoms with Crippen LogP contribution in [0.1, 0.15) is 69.7 Å². The minimum absolute atomic E-state index is 0.0461. The van der Waals surface area contributed by atoms with Gasteiger partial charge in [-0.2, -0.15) is 0 Å². The lowest BCUT2D eigenvalue weighted by molar-refractivity contribution is -0.141. The van der Waals surface area contributed by atoms with Gasteiger partial charge in [-0.15, -0.1) is 0 Å². The molecular formula is C30H35N3O3S. The summed E-state index contributed by atoms with van der Waals surface area (Å²) < 4.78 is 5.78. The molecule has 194 valence electrons. The highest BCUT2D eigenvalue weighted by atomic mass is 32.2. The summed E-state index contributed by atoms with van der Waals surface area (Å²) in [6.07, 6.45) is 0.213. The number of nitrogens with one attached hydrogen (secondary N) is 1. The van der Waals surface area contributed by atoms with Gasteiger partial charge in [0.2, 0.25) is 5.91 Å². The first kappa shape index (κ1) is 26.7. The quantitative estimate of drug-likeness (QED) is 0.396. The average Bonchev–Trinajstić information content (AvgIpc) is 3.27. The predicted octanol–water partition coefficient (Wildman–Crippen LogP) is 6.29. The summed E-state index contributed by atoms with van der Waals surface area (Å²) in [5, 5.41) is 5.73. The summed E-state index contributed by atoms with van der Waals surface area (Å²) in [5.41, 5.74) is 5.05. The lowest BCUT2D eigenvalue weighted by Gasteiger charge is -2.36. The van der Waals surface area contributed by atoms with Crippen LogP contribution in [-0.4, -0.2) is 28.5 Å². The molecule has 1 unspecified atom stereocenters. The average molecular weight is 518 g/mol. The zero-order valence-electron chi connectivity index (χ0n) is 22.2. The van der Waals surface area contributed by atoms with Crippen molar-refractivity contribution in [1.29, 1.82) is 0 Å². The van der Waals surface area contributed by atoms with Gasteiger partial charge in [-0.05, 0) is 40.9 Å². The molecule has 0 bridgehead atoms. The van der Waals surface area contributed by atoms with Crippen molar-refractivity contribution in [3.63, 3.8) is 0 Å². The van der Waals surface area contributed by atoms with Crippen LogP contribution in [0.15, 0.2) is 82.0 Å². The number of carbonyl (C=O) groups is 2. The summed E-state index contributed by atoms with van der Waals surface area (Å²) in [6.45, 7) is 11.1. The summed E-state index contributed by atoms with van der Waals surface area (Å²) >= 11 is 1.48. The molecule has 2 aliphatic rings. The molecule has 6 nitrogen and oxygen atoms in total. The number of benzene rings is 2. The largest absolute Gasteiger partial charge is 0.457 e. The molecule has 0 saturated heterocycles. The Bertz CT molecular complexity index is 1230. The molecule has 0 spiro atoms. The number of esters is 1. The van der Waals surface area contributed by atoms with Gasteiger partial charge in [-0.3, -0.25) is 4.79 Å². The van der Waals surface area contributed by atoms with Crippen molar-refractivity contribution in [3.8, 4) is 0 Å². The van der Waals surface area contributed by atoms with Gasteiger partial charge < -0.3 is 15.0 Å². The Morgan fingerprint density at radius 1 is 1.05 bits per heavy atom. The monoisotopic (exact) mass is 517 g/mol. The number of rotatable bonds is 9. The predicted molar refractivity (Wildman–Crippen MR) is 150 cm³/mol. The number of fused-ring (bicyclic) bond motifs is 1. The second kappa shape index (κ2) is 11.8. The summed E-state index contributed by atoms with van der Waals surface area (Å²) in [7, 11) is 0. The third-order valence-electron chi connectivity index (χ3n) is 6.40. The molecule has 0 saturated carbocycles. The van der Waals surface area contributed by atoms with E-state index < -0.39 is 12.0 Å². The van der Waals surface area contributed by atoms with Crippen LogP contribution in [0.3, 0.4) is 0 Å². The number of amidine groups is 1. The number of amides is 1. The highest BCUT2D eigenvalue weighted by molar-refractivity contribution is 8.16. The Balaban J connectivity index is 1.66. The third kappa shape index (κ3) is 6.34. The number of carbonyl (C=O) groups excluding carboxylic acids is 2. The number of ether oxygens (including phenoxy) is 1. The molecule has 2 heterocycles. The van der Waals surface area contributed by atoms with Crippen molar-refractivity contribution in [3.05, 3.63) is 93.7 Å². The van der Waals surface area contributed by atoms with E-state index in [4.69, 9.17) is 9.73 Å². The molecule has 0 radical (unpaired) electrons. The van der Waals surface area contributed by atoms with Gasteiger partial charge >= 0.3 is 5.97 Å². The van der Waals surface area contributed by atoms with E-state index in [1.165, 1.54) is 17.3 Å².